The molecule has 0 saturated heterocycles. The van der Waals surface area contributed by atoms with Crippen LogP contribution in [0.4, 0.5) is 10.1 Å². The number of aryl methyl sites for hydroxylation is 1. The van der Waals surface area contributed by atoms with E-state index in [-0.39, 0.29) is 29.2 Å². The third-order valence-corrected chi connectivity index (χ3v) is 4.31. The molecule has 0 atom stereocenters. The molecule has 0 bridgehead atoms. The number of rotatable bonds is 5. The van der Waals surface area contributed by atoms with E-state index < -0.39 is 0 Å². The summed E-state index contributed by atoms with van der Waals surface area (Å²) >= 11 is 1.19. The average molecular weight is 370 g/mol. The first-order chi connectivity index (χ1) is 12.5. The van der Waals surface area contributed by atoms with Crippen molar-refractivity contribution in [2.45, 2.75) is 13.5 Å². The largest absolute Gasteiger partial charge is 0.348 e. The van der Waals surface area contributed by atoms with Gasteiger partial charge >= 0.3 is 0 Å². The number of anilines is 1. The van der Waals surface area contributed by atoms with E-state index in [0.29, 0.717) is 16.3 Å². The third kappa shape index (κ3) is 4.48. The number of benzene rings is 2. The molecule has 0 spiro atoms. The van der Waals surface area contributed by atoms with E-state index in [4.69, 9.17) is 0 Å². The highest BCUT2D eigenvalue weighted by Crippen LogP contribution is 2.14. The molecule has 6 nitrogen and oxygen atoms in total. The number of hydrogen-bond acceptors (Lipinski definition) is 5. The Hall–Kier alpha value is -3.13. The standard InChI is InChI=1S/C18H15FN4O2S/c1-11-22-23-18(26-11)17(25)21-15-4-2-3-13(9-15)16(24)20-10-12-5-7-14(19)8-6-12/h2-9H,10H2,1H3,(H,20,24)(H,21,25). The second-order valence-electron chi connectivity index (χ2n) is 5.47. The first-order valence-corrected chi connectivity index (χ1v) is 8.57. The first kappa shape index (κ1) is 17.7. The van der Waals surface area contributed by atoms with Gasteiger partial charge in [-0.3, -0.25) is 9.59 Å². The lowest BCUT2D eigenvalue weighted by molar-refractivity contribution is 0.0949. The van der Waals surface area contributed by atoms with E-state index in [2.05, 4.69) is 20.8 Å². The molecule has 8 heteroatoms. The van der Waals surface area contributed by atoms with Crippen LogP contribution in [0.25, 0.3) is 0 Å². The van der Waals surface area contributed by atoms with Crippen LogP contribution < -0.4 is 10.6 Å². The molecule has 2 aromatic carbocycles. The summed E-state index contributed by atoms with van der Waals surface area (Å²) in [5, 5.41) is 14.0. The van der Waals surface area contributed by atoms with Gasteiger partial charge in [0.25, 0.3) is 11.8 Å². The van der Waals surface area contributed by atoms with Gasteiger partial charge in [-0.15, -0.1) is 10.2 Å². The minimum Gasteiger partial charge on any atom is -0.348 e. The van der Waals surface area contributed by atoms with Gasteiger partial charge < -0.3 is 10.6 Å². The fourth-order valence-electron chi connectivity index (χ4n) is 2.20. The second kappa shape index (κ2) is 7.83. The van der Waals surface area contributed by atoms with Crippen LogP contribution >= 0.6 is 11.3 Å². The lowest BCUT2D eigenvalue weighted by Crippen LogP contribution is -2.23. The fourth-order valence-corrected chi connectivity index (χ4v) is 2.78. The Morgan fingerprint density at radius 3 is 2.54 bits per heavy atom. The van der Waals surface area contributed by atoms with Crippen molar-refractivity contribution in [3.8, 4) is 0 Å². The summed E-state index contributed by atoms with van der Waals surface area (Å²) in [7, 11) is 0. The summed E-state index contributed by atoms with van der Waals surface area (Å²) in [5.41, 5.74) is 1.67. The van der Waals surface area contributed by atoms with Crippen molar-refractivity contribution in [1.82, 2.24) is 15.5 Å². The quantitative estimate of drug-likeness (QED) is 0.723. The summed E-state index contributed by atoms with van der Waals surface area (Å²) in [6.07, 6.45) is 0. The molecule has 0 aliphatic carbocycles. The number of carbonyl (C=O) groups is 2. The maximum absolute atomic E-state index is 12.9. The van der Waals surface area contributed by atoms with Crippen molar-refractivity contribution in [2.75, 3.05) is 5.32 Å². The van der Waals surface area contributed by atoms with Gasteiger partial charge in [0.05, 0.1) is 0 Å². The zero-order chi connectivity index (χ0) is 18.5. The highest BCUT2D eigenvalue weighted by molar-refractivity contribution is 7.13. The molecule has 0 saturated carbocycles. The topological polar surface area (TPSA) is 84.0 Å². The molecule has 0 aliphatic heterocycles. The highest BCUT2D eigenvalue weighted by atomic mass is 32.1. The zero-order valence-electron chi connectivity index (χ0n) is 13.8. The van der Waals surface area contributed by atoms with Gasteiger partial charge in [-0.05, 0) is 42.8 Å². The number of hydrogen-bond donors (Lipinski definition) is 2. The summed E-state index contributed by atoms with van der Waals surface area (Å²) in [5.74, 6) is -0.995. The normalized spacial score (nSPS) is 10.4. The van der Waals surface area contributed by atoms with Gasteiger partial charge in [-0.25, -0.2) is 4.39 Å². The smallest absolute Gasteiger partial charge is 0.286 e. The molecule has 26 heavy (non-hydrogen) atoms. The van der Waals surface area contributed by atoms with Crippen molar-refractivity contribution in [1.29, 1.82) is 0 Å². The number of nitrogens with one attached hydrogen (secondary N) is 2. The van der Waals surface area contributed by atoms with E-state index >= 15 is 0 Å². The summed E-state index contributed by atoms with van der Waals surface area (Å²) in [6, 6.07) is 12.5. The summed E-state index contributed by atoms with van der Waals surface area (Å²) in [4.78, 5) is 24.4. The molecule has 1 heterocycles. The van der Waals surface area contributed by atoms with Crippen LogP contribution in [0.3, 0.4) is 0 Å². The van der Waals surface area contributed by atoms with Crippen LogP contribution in [0.1, 0.15) is 30.7 Å². The number of halogens is 1. The van der Waals surface area contributed by atoms with Gasteiger partial charge in [-0.1, -0.05) is 29.5 Å². The maximum atomic E-state index is 12.9. The molecule has 132 valence electrons. The molecule has 0 fully saturated rings. The number of carbonyl (C=O) groups excluding carboxylic acids is 2. The molecule has 0 unspecified atom stereocenters. The lowest BCUT2D eigenvalue weighted by Gasteiger charge is -2.08. The molecule has 3 rings (SSSR count). The molecular formula is C18H15FN4O2S. The zero-order valence-corrected chi connectivity index (χ0v) is 14.6. The molecule has 0 radical (unpaired) electrons. The Morgan fingerprint density at radius 2 is 1.85 bits per heavy atom. The minimum atomic E-state index is -0.375. The molecule has 1 aromatic heterocycles. The van der Waals surface area contributed by atoms with Crippen molar-refractivity contribution in [2.24, 2.45) is 0 Å². The van der Waals surface area contributed by atoms with Gasteiger partial charge in [0.1, 0.15) is 10.8 Å². The summed E-state index contributed by atoms with van der Waals surface area (Å²) < 4.78 is 12.9. The predicted octanol–water partition coefficient (Wildman–Crippen LogP) is 3.17. The third-order valence-electron chi connectivity index (χ3n) is 3.47. The molecule has 0 aliphatic rings. The van der Waals surface area contributed by atoms with Gasteiger partial charge in [0.2, 0.25) is 5.01 Å². The Kier molecular flexibility index (Phi) is 5.33. The van der Waals surface area contributed by atoms with E-state index in [9.17, 15) is 14.0 Å². The molecule has 3 aromatic rings. The van der Waals surface area contributed by atoms with E-state index in [0.717, 1.165) is 5.56 Å². The Morgan fingerprint density at radius 1 is 1.08 bits per heavy atom. The van der Waals surface area contributed by atoms with E-state index in [1.54, 1.807) is 43.3 Å². The van der Waals surface area contributed by atoms with Crippen LogP contribution in [-0.2, 0) is 6.54 Å². The van der Waals surface area contributed by atoms with Gasteiger partial charge in [0.15, 0.2) is 0 Å². The summed E-state index contributed by atoms with van der Waals surface area (Å²) in [6.45, 7) is 2.04. The van der Waals surface area contributed by atoms with Crippen molar-refractivity contribution < 1.29 is 14.0 Å². The van der Waals surface area contributed by atoms with Crippen LogP contribution in [0.5, 0.6) is 0 Å². The second-order valence-corrected chi connectivity index (χ2v) is 6.65. The minimum absolute atomic E-state index is 0.258. The number of aromatic nitrogens is 2. The van der Waals surface area contributed by atoms with Crippen LogP contribution in [0.2, 0.25) is 0 Å². The lowest BCUT2D eigenvalue weighted by atomic mass is 10.1. The Bertz CT molecular complexity index is 940. The maximum Gasteiger partial charge on any atom is 0.286 e. The van der Waals surface area contributed by atoms with Crippen LogP contribution in [0, 0.1) is 12.7 Å². The number of amides is 2. The van der Waals surface area contributed by atoms with Crippen LogP contribution in [-0.4, -0.2) is 22.0 Å². The fraction of sp³-hybridized carbons (Fsp3) is 0.111. The van der Waals surface area contributed by atoms with Crippen molar-refractivity contribution in [3.63, 3.8) is 0 Å². The molecule has 2 N–H and O–H groups in total. The molecule has 2 amide bonds. The molecular weight excluding hydrogens is 355 g/mol. The average Bonchev–Trinajstić information content (AvgIpc) is 3.08. The highest BCUT2D eigenvalue weighted by Gasteiger charge is 2.13. The predicted molar refractivity (Wildman–Crippen MR) is 96.6 cm³/mol. The Balaban J connectivity index is 1.63. The number of nitrogens with zero attached hydrogens (tertiary/aromatic N) is 2. The van der Waals surface area contributed by atoms with Crippen LogP contribution in [0.15, 0.2) is 48.5 Å². The van der Waals surface area contributed by atoms with E-state index in [1.165, 1.54) is 23.5 Å². The van der Waals surface area contributed by atoms with Gasteiger partial charge in [-0.2, -0.15) is 0 Å². The van der Waals surface area contributed by atoms with Crippen molar-refractivity contribution in [3.05, 3.63) is 75.5 Å². The Labute approximate surface area is 153 Å². The SMILES string of the molecule is Cc1nnc(C(=O)Nc2cccc(C(=O)NCc3ccc(F)cc3)c2)s1. The van der Waals surface area contributed by atoms with Gasteiger partial charge in [0, 0.05) is 17.8 Å². The first-order valence-electron chi connectivity index (χ1n) is 7.75. The van der Waals surface area contributed by atoms with Crippen molar-refractivity contribution >= 4 is 28.8 Å². The van der Waals surface area contributed by atoms with E-state index in [1.807, 2.05) is 0 Å². The monoisotopic (exact) mass is 370 g/mol.